The van der Waals surface area contributed by atoms with E-state index in [4.69, 9.17) is 0 Å². The highest BCUT2D eigenvalue weighted by molar-refractivity contribution is 5.70. The van der Waals surface area contributed by atoms with Gasteiger partial charge in [-0.15, -0.1) is 0 Å². The molecule has 1 aliphatic rings. The Labute approximate surface area is 121 Å². The van der Waals surface area contributed by atoms with Crippen molar-refractivity contribution in [3.05, 3.63) is 34.9 Å². The predicted octanol–water partition coefficient (Wildman–Crippen LogP) is 3.28. The molecule has 2 unspecified atom stereocenters. The van der Waals surface area contributed by atoms with Gasteiger partial charge in [0.05, 0.1) is 5.92 Å². The summed E-state index contributed by atoms with van der Waals surface area (Å²) >= 11 is 0. The summed E-state index contributed by atoms with van der Waals surface area (Å²) in [7, 11) is 0. The van der Waals surface area contributed by atoms with E-state index < -0.39 is 5.97 Å². The Morgan fingerprint density at radius 3 is 2.75 bits per heavy atom. The summed E-state index contributed by atoms with van der Waals surface area (Å²) in [5.74, 6) is -0.495. The number of aryl methyl sites for hydroxylation is 2. The molecule has 0 radical (unpaired) electrons. The highest BCUT2D eigenvalue weighted by Crippen LogP contribution is 2.29. The van der Waals surface area contributed by atoms with Crippen molar-refractivity contribution in [2.24, 2.45) is 11.8 Å². The molecular weight excluding hydrogens is 250 g/mol. The van der Waals surface area contributed by atoms with E-state index >= 15 is 0 Å². The lowest BCUT2D eigenvalue weighted by Crippen LogP contribution is -2.34. The van der Waals surface area contributed by atoms with Crippen molar-refractivity contribution in [1.29, 1.82) is 0 Å². The Morgan fingerprint density at radius 2 is 2.05 bits per heavy atom. The summed E-state index contributed by atoms with van der Waals surface area (Å²) in [6, 6.07) is 6.48. The topological polar surface area (TPSA) is 49.3 Å². The fourth-order valence-electron chi connectivity index (χ4n) is 3.21. The van der Waals surface area contributed by atoms with Crippen LogP contribution < -0.4 is 5.32 Å². The van der Waals surface area contributed by atoms with Gasteiger partial charge >= 0.3 is 5.97 Å². The number of hydrogen-bond donors (Lipinski definition) is 2. The second kappa shape index (κ2) is 6.89. The smallest absolute Gasteiger partial charge is 0.306 e. The molecule has 1 fully saturated rings. The lowest BCUT2D eigenvalue weighted by molar-refractivity contribution is -0.144. The molecule has 0 heterocycles. The molecule has 0 saturated heterocycles. The number of benzene rings is 1. The van der Waals surface area contributed by atoms with E-state index in [0.717, 1.165) is 32.4 Å². The van der Waals surface area contributed by atoms with Gasteiger partial charge in [0.2, 0.25) is 0 Å². The first kappa shape index (κ1) is 15.0. The van der Waals surface area contributed by atoms with Crippen LogP contribution in [0.15, 0.2) is 18.2 Å². The van der Waals surface area contributed by atoms with E-state index in [0.29, 0.717) is 0 Å². The molecule has 3 heteroatoms. The number of carboxylic acids is 1. The van der Waals surface area contributed by atoms with E-state index in [2.05, 4.69) is 37.4 Å². The van der Waals surface area contributed by atoms with Gasteiger partial charge in [0.15, 0.2) is 0 Å². The zero-order valence-electron chi connectivity index (χ0n) is 12.5. The Hall–Kier alpha value is -1.35. The fourth-order valence-corrected chi connectivity index (χ4v) is 3.21. The molecule has 1 aliphatic carbocycles. The molecule has 1 saturated carbocycles. The van der Waals surface area contributed by atoms with Crippen molar-refractivity contribution >= 4 is 5.97 Å². The maximum Gasteiger partial charge on any atom is 0.306 e. The molecule has 2 rings (SSSR count). The fraction of sp³-hybridized carbons (Fsp3) is 0.588. The van der Waals surface area contributed by atoms with Gasteiger partial charge in [-0.25, -0.2) is 0 Å². The van der Waals surface area contributed by atoms with Crippen LogP contribution in [-0.4, -0.2) is 17.6 Å². The second-order valence-corrected chi connectivity index (χ2v) is 6.05. The molecular formula is C17H25NO2. The molecule has 1 aromatic carbocycles. The van der Waals surface area contributed by atoms with Gasteiger partial charge < -0.3 is 10.4 Å². The van der Waals surface area contributed by atoms with Gasteiger partial charge in [-0.05, 0) is 50.3 Å². The normalized spacial score (nSPS) is 22.7. The molecule has 0 bridgehead atoms. The first-order valence-electron chi connectivity index (χ1n) is 7.57. The molecule has 3 nitrogen and oxygen atoms in total. The van der Waals surface area contributed by atoms with Gasteiger partial charge in [0.25, 0.3) is 0 Å². The molecule has 1 aromatic rings. The van der Waals surface area contributed by atoms with Crippen molar-refractivity contribution < 1.29 is 9.90 Å². The molecule has 20 heavy (non-hydrogen) atoms. The molecule has 2 N–H and O–H groups in total. The van der Waals surface area contributed by atoms with Crippen molar-refractivity contribution in [1.82, 2.24) is 5.32 Å². The van der Waals surface area contributed by atoms with Crippen LogP contribution in [0.1, 0.15) is 42.4 Å². The number of rotatable bonds is 5. The lowest BCUT2D eigenvalue weighted by atomic mass is 9.79. The Kier molecular flexibility index (Phi) is 5.18. The zero-order valence-corrected chi connectivity index (χ0v) is 12.5. The van der Waals surface area contributed by atoms with Crippen LogP contribution in [0.2, 0.25) is 0 Å². The van der Waals surface area contributed by atoms with Crippen molar-refractivity contribution in [3.8, 4) is 0 Å². The number of carbonyl (C=O) groups is 1. The third kappa shape index (κ3) is 3.83. The SMILES string of the molecule is Cc1ccc(CNCC2CCCCC2C(=O)O)c(C)c1. The minimum Gasteiger partial charge on any atom is -0.481 e. The van der Waals surface area contributed by atoms with Crippen LogP contribution in [0.25, 0.3) is 0 Å². The quantitative estimate of drug-likeness (QED) is 0.867. The van der Waals surface area contributed by atoms with Crippen LogP contribution in [0.5, 0.6) is 0 Å². The maximum absolute atomic E-state index is 11.3. The van der Waals surface area contributed by atoms with Crippen molar-refractivity contribution in [2.75, 3.05) is 6.54 Å². The number of nitrogens with one attached hydrogen (secondary N) is 1. The molecule has 0 amide bonds. The number of carboxylic acid groups (broad SMARTS) is 1. The summed E-state index contributed by atoms with van der Waals surface area (Å²) in [6.45, 7) is 5.87. The highest BCUT2D eigenvalue weighted by Gasteiger charge is 2.30. The van der Waals surface area contributed by atoms with Crippen molar-refractivity contribution in [3.63, 3.8) is 0 Å². The van der Waals surface area contributed by atoms with E-state index in [9.17, 15) is 9.90 Å². The molecule has 0 aromatic heterocycles. The zero-order chi connectivity index (χ0) is 14.5. The standard InChI is InChI=1S/C17H25NO2/c1-12-7-8-14(13(2)9-12)10-18-11-15-5-3-4-6-16(15)17(19)20/h7-9,15-16,18H,3-6,10-11H2,1-2H3,(H,19,20). The third-order valence-electron chi connectivity index (χ3n) is 4.45. The molecule has 0 aliphatic heterocycles. The summed E-state index contributed by atoms with van der Waals surface area (Å²) in [5, 5.41) is 12.7. The first-order chi connectivity index (χ1) is 9.58. The highest BCUT2D eigenvalue weighted by atomic mass is 16.4. The minimum atomic E-state index is -0.622. The van der Waals surface area contributed by atoms with Gasteiger partial charge in [-0.2, -0.15) is 0 Å². The predicted molar refractivity (Wildman–Crippen MR) is 80.7 cm³/mol. The Morgan fingerprint density at radius 1 is 1.30 bits per heavy atom. The minimum absolute atomic E-state index is 0.157. The van der Waals surface area contributed by atoms with Gasteiger partial charge in [-0.1, -0.05) is 36.6 Å². The first-order valence-corrected chi connectivity index (χ1v) is 7.57. The third-order valence-corrected chi connectivity index (χ3v) is 4.45. The lowest BCUT2D eigenvalue weighted by Gasteiger charge is -2.28. The van der Waals surface area contributed by atoms with Crippen LogP contribution in [0.3, 0.4) is 0 Å². The largest absolute Gasteiger partial charge is 0.481 e. The van der Waals surface area contributed by atoms with Crippen LogP contribution in [-0.2, 0) is 11.3 Å². The molecule has 2 atom stereocenters. The van der Waals surface area contributed by atoms with E-state index in [1.807, 2.05) is 0 Å². The van der Waals surface area contributed by atoms with Gasteiger partial charge in [0, 0.05) is 6.54 Å². The summed E-state index contributed by atoms with van der Waals surface area (Å²) in [6.07, 6.45) is 4.10. The van der Waals surface area contributed by atoms with Crippen LogP contribution in [0.4, 0.5) is 0 Å². The Balaban J connectivity index is 1.86. The monoisotopic (exact) mass is 275 g/mol. The maximum atomic E-state index is 11.3. The molecule has 0 spiro atoms. The number of hydrogen-bond acceptors (Lipinski definition) is 2. The summed E-state index contributed by atoms with van der Waals surface area (Å²) in [5.41, 5.74) is 3.89. The average molecular weight is 275 g/mol. The Bertz CT molecular complexity index is 470. The van der Waals surface area contributed by atoms with Gasteiger partial charge in [-0.3, -0.25) is 4.79 Å². The summed E-state index contributed by atoms with van der Waals surface area (Å²) in [4.78, 5) is 11.3. The van der Waals surface area contributed by atoms with Gasteiger partial charge in [0.1, 0.15) is 0 Å². The van der Waals surface area contributed by atoms with Crippen molar-refractivity contribution in [2.45, 2.75) is 46.1 Å². The van der Waals surface area contributed by atoms with E-state index in [-0.39, 0.29) is 11.8 Å². The van der Waals surface area contributed by atoms with E-state index in [1.165, 1.54) is 23.1 Å². The number of aliphatic carboxylic acids is 1. The van der Waals surface area contributed by atoms with E-state index in [1.54, 1.807) is 0 Å². The second-order valence-electron chi connectivity index (χ2n) is 6.05. The average Bonchev–Trinajstić information content (AvgIpc) is 2.41. The van der Waals surface area contributed by atoms with Crippen LogP contribution in [0, 0.1) is 25.7 Å². The van der Waals surface area contributed by atoms with Crippen LogP contribution >= 0.6 is 0 Å². The molecule has 110 valence electrons. The summed E-state index contributed by atoms with van der Waals surface area (Å²) < 4.78 is 0.